The monoisotopic (exact) mass is 217 g/mol. The van der Waals surface area contributed by atoms with Gasteiger partial charge in [0.1, 0.15) is 0 Å². The lowest BCUT2D eigenvalue weighted by molar-refractivity contribution is 0.365. The molecule has 0 aliphatic carbocycles. The molecule has 2 rings (SSSR count). The lowest BCUT2D eigenvalue weighted by Gasteiger charge is -2.03. The van der Waals surface area contributed by atoms with Crippen molar-refractivity contribution in [2.75, 3.05) is 14.1 Å². The maximum absolute atomic E-state index is 5.22. The van der Waals surface area contributed by atoms with Crippen molar-refractivity contribution in [3.8, 4) is 11.5 Å². The second-order valence-corrected chi connectivity index (χ2v) is 4.12. The Bertz CT molecular complexity index is 477. The van der Waals surface area contributed by atoms with Crippen molar-refractivity contribution in [2.45, 2.75) is 13.5 Å². The highest BCUT2D eigenvalue weighted by Crippen LogP contribution is 2.18. The summed E-state index contributed by atoms with van der Waals surface area (Å²) in [4.78, 5) is 6.35. The van der Waals surface area contributed by atoms with E-state index >= 15 is 0 Å². The fourth-order valence-corrected chi connectivity index (χ4v) is 1.50. The average Bonchev–Trinajstić information content (AvgIpc) is 2.65. The Hall–Kier alpha value is -1.68. The van der Waals surface area contributed by atoms with Gasteiger partial charge in [-0.3, -0.25) is 0 Å². The normalized spacial score (nSPS) is 11.0. The van der Waals surface area contributed by atoms with Gasteiger partial charge in [-0.15, -0.1) is 0 Å². The third-order valence-corrected chi connectivity index (χ3v) is 2.19. The molecular weight excluding hydrogens is 202 g/mol. The van der Waals surface area contributed by atoms with Crippen LogP contribution in [0.2, 0.25) is 0 Å². The van der Waals surface area contributed by atoms with E-state index in [-0.39, 0.29) is 0 Å². The zero-order valence-corrected chi connectivity index (χ0v) is 9.77. The summed E-state index contributed by atoms with van der Waals surface area (Å²) in [6, 6.07) is 8.04. The maximum Gasteiger partial charge on any atom is 0.257 e. The zero-order valence-electron chi connectivity index (χ0n) is 9.77. The van der Waals surface area contributed by atoms with E-state index in [1.165, 1.54) is 5.56 Å². The molecule has 1 aromatic heterocycles. The maximum atomic E-state index is 5.22. The number of rotatable bonds is 3. The SMILES string of the molecule is Cc1cccc(-c2nc(CN(C)C)no2)c1. The zero-order chi connectivity index (χ0) is 11.5. The van der Waals surface area contributed by atoms with Gasteiger partial charge in [0.2, 0.25) is 0 Å². The van der Waals surface area contributed by atoms with E-state index in [2.05, 4.69) is 10.1 Å². The molecule has 1 aromatic carbocycles. The fourth-order valence-electron chi connectivity index (χ4n) is 1.50. The van der Waals surface area contributed by atoms with E-state index in [4.69, 9.17) is 4.52 Å². The first-order chi connectivity index (χ1) is 7.65. The first-order valence-corrected chi connectivity index (χ1v) is 5.19. The summed E-state index contributed by atoms with van der Waals surface area (Å²) in [6.45, 7) is 2.73. The highest BCUT2D eigenvalue weighted by Gasteiger charge is 2.08. The van der Waals surface area contributed by atoms with Crippen molar-refractivity contribution in [2.24, 2.45) is 0 Å². The Labute approximate surface area is 94.9 Å². The minimum absolute atomic E-state index is 0.584. The Morgan fingerprint density at radius 1 is 1.31 bits per heavy atom. The molecule has 0 bridgehead atoms. The van der Waals surface area contributed by atoms with Crippen molar-refractivity contribution < 1.29 is 4.52 Å². The van der Waals surface area contributed by atoms with Crippen molar-refractivity contribution in [1.82, 2.24) is 15.0 Å². The van der Waals surface area contributed by atoms with Crippen LogP contribution in [0.4, 0.5) is 0 Å². The molecule has 0 aliphatic heterocycles. The van der Waals surface area contributed by atoms with Crippen LogP contribution < -0.4 is 0 Å². The molecule has 4 heteroatoms. The molecule has 0 amide bonds. The van der Waals surface area contributed by atoms with Gasteiger partial charge < -0.3 is 9.42 Å². The number of hydrogen-bond acceptors (Lipinski definition) is 4. The molecule has 84 valence electrons. The topological polar surface area (TPSA) is 42.2 Å². The van der Waals surface area contributed by atoms with Crippen molar-refractivity contribution in [1.29, 1.82) is 0 Å². The highest BCUT2D eigenvalue weighted by atomic mass is 16.5. The largest absolute Gasteiger partial charge is 0.334 e. The smallest absolute Gasteiger partial charge is 0.257 e. The van der Waals surface area contributed by atoms with Gasteiger partial charge >= 0.3 is 0 Å². The Morgan fingerprint density at radius 2 is 2.12 bits per heavy atom. The molecular formula is C12H15N3O. The van der Waals surface area contributed by atoms with Gasteiger partial charge in [0, 0.05) is 5.56 Å². The van der Waals surface area contributed by atoms with E-state index in [0.717, 1.165) is 5.56 Å². The van der Waals surface area contributed by atoms with Crippen molar-refractivity contribution in [3.63, 3.8) is 0 Å². The van der Waals surface area contributed by atoms with E-state index in [1.54, 1.807) is 0 Å². The lowest BCUT2D eigenvalue weighted by Crippen LogP contribution is -2.11. The highest BCUT2D eigenvalue weighted by molar-refractivity contribution is 5.53. The number of benzene rings is 1. The van der Waals surface area contributed by atoms with Gasteiger partial charge in [-0.05, 0) is 33.2 Å². The number of nitrogens with zero attached hydrogens (tertiary/aromatic N) is 3. The molecule has 1 heterocycles. The van der Waals surface area contributed by atoms with Crippen molar-refractivity contribution in [3.05, 3.63) is 35.7 Å². The number of aromatic nitrogens is 2. The Kier molecular flexibility index (Phi) is 3.01. The average molecular weight is 217 g/mol. The van der Waals surface area contributed by atoms with Gasteiger partial charge in [0.25, 0.3) is 5.89 Å². The summed E-state index contributed by atoms with van der Waals surface area (Å²) in [5, 5.41) is 3.93. The van der Waals surface area contributed by atoms with Gasteiger partial charge in [-0.1, -0.05) is 22.9 Å². The van der Waals surface area contributed by atoms with Crippen LogP contribution in [0.5, 0.6) is 0 Å². The van der Waals surface area contributed by atoms with Crippen LogP contribution in [-0.2, 0) is 6.54 Å². The van der Waals surface area contributed by atoms with Crippen LogP contribution in [0, 0.1) is 6.92 Å². The van der Waals surface area contributed by atoms with Crippen LogP contribution >= 0.6 is 0 Å². The molecule has 0 aliphatic rings. The second-order valence-electron chi connectivity index (χ2n) is 4.12. The van der Waals surface area contributed by atoms with Crippen LogP contribution in [0.3, 0.4) is 0 Å². The van der Waals surface area contributed by atoms with Crippen LogP contribution in [0.25, 0.3) is 11.5 Å². The minimum atomic E-state index is 0.584. The van der Waals surface area contributed by atoms with Gasteiger partial charge in [-0.25, -0.2) is 0 Å². The number of aryl methyl sites for hydroxylation is 1. The first-order valence-electron chi connectivity index (χ1n) is 5.19. The first kappa shape index (κ1) is 10.8. The predicted molar refractivity (Wildman–Crippen MR) is 61.9 cm³/mol. The molecule has 16 heavy (non-hydrogen) atoms. The summed E-state index contributed by atoms with van der Waals surface area (Å²) < 4.78 is 5.22. The summed E-state index contributed by atoms with van der Waals surface area (Å²) in [7, 11) is 3.95. The molecule has 0 spiro atoms. The third-order valence-electron chi connectivity index (χ3n) is 2.19. The van der Waals surface area contributed by atoms with Gasteiger partial charge in [0.05, 0.1) is 6.54 Å². The number of hydrogen-bond donors (Lipinski definition) is 0. The Morgan fingerprint density at radius 3 is 2.81 bits per heavy atom. The molecule has 0 unspecified atom stereocenters. The summed E-state index contributed by atoms with van der Waals surface area (Å²) in [6.07, 6.45) is 0. The molecule has 0 fully saturated rings. The predicted octanol–water partition coefficient (Wildman–Crippen LogP) is 2.11. The molecule has 4 nitrogen and oxygen atoms in total. The quantitative estimate of drug-likeness (QED) is 0.789. The van der Waals surface area contributed by atoms with E-state index in [9.17, 15) is 0 Å². The minimum Gasteiger partial charge on any atom is -0.334 e. The third kappa shape index (κ3) is 2.46. The van der Waals surface area contributed by atoms with Crippen LogP contribution in [-0.4, -0.2) is 29.1 Å². The van der Waals surface area contributed by atoms with E-state index in [1.807, 2.05) is 50.2 Å². The van der Waals surface area contributed by atoms with Gasteiger partial charge in [0.15, 0.2) is 5.82 Å². The molecule has 0 atom stereocenters. The fraction of sp³-hybridized carbons (Fsp3) is 0.333. The molecule has 2 aromatic rings. The second kappa shape index (κ2) is 4.45. The summed E-state index contributed by atoms with van der Waals surface area (Å²) in [5.74, 6) is 1.29. The summed E-state index contributed by atoms with van der Waals surface area (Å²) in [5.41, 5.74) is 2.15. The van der Waals surface area contributed by atoms with Crippen LogP contribution in [0.15, 0.2) is 28.8 Å². The molecule has 0 radical (unpaired) electrons. The summed E-state index contributed by atoms with van der Waals surface area (Å²) >= 11 is 0. The Balaban J connectivity index is 2.24. The molecule has 0 saturated carbocycles. The standard InChI is InChI=1S/C12H15N3O/c1-9-5-4-6-10(7-9)12-13-11(14-16-12)8-15(2)3/h4-7H,8H2,1-3H3. The molecule has 0 N–H and O–H groups in total. The van der Waals surface area contributed by atoms with Gasteiger partial charge in [-0.2, -0.15) is 4.98 Å². The lowest BCUT2D eigenvalue weighted by atomic mass is 10.1. The molecule has 0 saturated heterocycles. The van der Waals surface area contributed by atoms with E-state index in [0.29, 0.717) is 18.3 Å². The van der Waals surface area contributed by atoms with Crippen LogP contribution in [0.1, 0.15) is 11.4 Å². The van der Waals surface area contributed by atoms with Crippen molar-refractivity contribution >= 4 is 0 Å². The van der Waals surface area contributed by atoms with E-state index < -0.39 is 0 Å².